The number of para-hydroxylation sites is 1. The number of nitrogens with two attached hydrogens (primary N) is 1. The predicted molar refractivity (Wildman–Crippen MR) is 70.7 cm³/mol. The molecule has 0 spiro atoms. The van der Waals surface area contributed by atoms with Crippen molar-refractivity contribution in [2.75, 3.05) is 18.8 Å². The van der Waals surface area contributed by atoms with E-state index in [-0.39, 0.29) is 0 Å². The van der Waals surface area contributed by atoms with Gasteiger partial charge in [0.25, 0.3) is 0 Å². The van der Waals surface area contributed by atoms with Gasteiger partial charge in [-0.1, -0.05) is 18.2 Å². The van der Waals surface area contributed by atoms with Crippen LogP contribution in [0.5, 0.6) is 0 Å². The Kier molecular flexibility index (Phi) is 3.04. The van der Waals surface area contributed by atoms with Crippen LogP contribution in [0.2, 0.25) is 0 Å². The van der Waals surface area contributed by atoms with Gasteiger partial charge in [-0.25, -0.2) is 0 Å². The zero-order valence-electron chi connectivity index (χ0n) is 10.2. The lowest BCUT2D eigenvalue weighted by atomic mass is 10.1. The number of nitrogen functional groups attached to an aromatic ring is 1. The highest BCUT2D eigenvalue weighted by atomic mass is 15.2. The number of hydrogen-bond donors (Lipinski definition) is 2. The van der Waals surface area contributed by atoms with Crippen LogP contribution < -0.4 is 11.1 Å². The predicted octanol–water partition coefficient (Wildman–Crippen LogP) is 1.60. The number of benzene rings is 1. The van der Waals surface area contributed by atoms with Crippen molar-refractivity contribution in [3.05, 3.63) is 29.8 Å². The molecule has 3 rings (SSSR count). The topological polar surface area (TPSA) is 41.3 Å². The zero-order chi connectivity index (χ0) is 11.7. The first-order valence-electron chi connectivity index (χ1n) is 6.65. The molecule has 2 heterocycles. The second-order valence-corrected chi connectivity index (χ2v) is 5.22. The third kappa shape index (κ3) is 2.17. The first-order valence-corrected chi connectivity index (χ1v) is 6.65. The molecule has 0 aromatic heterocycles. The summed E-state index contributed by atoms with van der Waals surface area (Å²) >= 11 is 0. The van der Waals surface area contributed by atoms with Crippen molar-refractivity contribution in [2.24, 2.45) is 0 Å². The smallest absolute Gasteiger partial charge is 0.0359 e. The molecule has 0 radical (unpaired) electrons. The molecule has 1 aromatic rings. The molecule has 2 unspecified atom stereocenters. The van der Waals surface area contributed by atoms with E-state index in [4.69, 9.17) is 5.73 Å². The van der Waals surface area contributed by atoms with Gasteiger partial charge in [0.1, 0.15) is 0 Å². The van der Waals surface area contributed by atoms with Gasteiger partial charge in [-0.15, -0.1) is 0 Å². The van der Waals surface area contributed by atoms with Gasteiger partial charge in [0.15, 0.2) is 0 Å². The highest BCUT2D eigenvalue weighted by Crippen LogP contribution is 2.28. The minimum absolute atomic E-state index is 0.664. The Morgan fingerprint density at radius 1 is 1.24 bits per heavy atom. The lowest BCUT2D eigenvalue weighted by Crippen LogP contribution is -2.38. The minimum atomic E-state index is 0.664. The number of anilines is 1. The molecule has 2 aliphatic heterocycles. The first-order chi connectivity index (χ1) is 8.34. The van der Waals surface area contributed by atoms with Crippen LogP contribution in [0.3, 0.4) is 0 Å². The largest absolute Gasteiger partial charge is 0.398 e. The standard InChI is InChI=1S/C14H21N3/c15-12-5-2-1-4-11(12)10-16-13-7-9-17-8-3-6-14(13)17/h1-2,4-5,13-14,16H,3,6-10,15H2. The zero-order valence-corrected chi connectivity index (χ0v) is 10.2. The fourth-order valence-electron chi connectivity index (χ4n) is 3.26. The molecule has 1 aromatic carbocycles. The second kappa shape index (κ2) is 4.67. The van der Waals surface area contributed by atoms with Crippen LogP contribution in [-0.4, -0.2) is 30.1 Å². The van der Waals surface area contributed by atoms with Gasteiger partial charge in [0.05, 0.1) is 0 Å². The number of rotatable bonds is 3. The van der Waals surface area contributed by atoms with Crippen LogP contribution in [0.1, 0.15) is 24.8 Å². The lowest BCUT2D eigenvalue weighted by molar-refractivity contribution is 0.298. The average Bonchev–Trinajstić information content (AvgIpc) is 2.91. The normalized spacial score (nSPS) is 28.5. The van der Waals surface area contributed by atoms with Crippen molar-refractivity contribution in [2.45, 2.75) is 37.9 Å². The fourth-order valence-corrected chi connectivity index (χ4v) is 3.26. The summed E-state index contributed by atoms with van der Waals surface area (Å²) in [5, 5.41) is 3.69. The van der Waals surface area contributed by atoms with Crippen LogP contribution >= 0.6 is 0 Å². The molecular weight excluding hydrogens is 210 g/mol. The van der Waals surface area contributed by atoms with Crippen LogP contribution in [0.4, 0.5) is 5.69 Å². The Labute approximate surface area is 103 Å². The Hall–Kier alpha value is -1.06. The SMILES string of the molecule is Nc1ccccc1CNC1CCN2CCCC12. The Morgan fingerprint density at radius 2 is 2.12 bits per heavy atom. The van der Waals surface area contributed by atoms with E-state index in [9.17, 15) is 0 Å². The molecule has 3 N–H and O–H groups in total. The Balaban J connectivity index is 1.60. The highest BCUT2D eigenvalue weighted by molar-refractivity contribution is 5.46. The van der Waals surface area contributed by atoms with Gasteiger partial charge < -0.3 is 11.1 Å². The second-order valence-electron chi connectivity index (χ2n) is 5.22. The minimum Gasteiger partial charge on any atom is -0.398 e. The summed E-state index contributed by atoms with van der Waals surface area (Å²) in [7, 11) is 0. The number of hydrogen-bond acceptors (Lipinski definition) is 3. The van der Waals surface area contributed by atoms with Gasteiger partial charge in [0, 0.05) is 30.9 Å². The maximum Gasteiger partial charge on any atom is 0.0359 e. The molecule has 17 heavy (non-hydrogen) atoms. The van der Waals surface area contributed by atoms with Gasteiger partial charge in [-0.05, 0) is 37.4 Å². The van der Waals surface area contributed by atoms with E-state index in [2.05, 4.69) is 22.3 Å². The van der Waals surface area contributed by atoms with E-state index >= 15 is 0 Å². The van der Waals surface area contributed by atoms with Crippen LogP contribution in [0.25, 0.3) is 0 Å². The quantitative estimate of drug-likeness (QED) is 0.776. The van der Waals surface area contributed by atoms with Crippen LogP contribution in [0.15, 0.2) is 24.3 Å². The molecule has 2 saturated heterocycles. The summed E-state index contributed by atoms with van der Waals surface area (Å²) < 4.78 is 0. The van der Waals surface area contributed by atoms with Crippen molar-refractivity contribution in [3.63, 3.8) is 0 Å². The summed E-state index contributed by atoms with van der Waals surface area (Å²) in [5.74, 6) is 0. The van der Waals surface area contributed by atoms with Gasteiger partial charge >= 0.3 is 0 Å². The van der Waals surface area contributed by atoms with Crippen LogP contribution in [0, 0.1) is 0 Å². The number of nitrogens with one attached hydrogen (secondary N) is 1. The molecular formula is C14H21N3. The molecule has 3 heteroatoms. The van der Waals surface area contributed by atoms with E-state index in [0.29, 0.717) is 6.04 Å². The third-order valence-corrected chi connectivity index (χ3v) is 4.22. The van der Waals surface area contributed by atoms with Crippen molar-refractivity contribution in [3.8, 4) is 0 Å². The summed E-state index contributed by atoms with van der Waals surface area (Å²) in [6.45, 7) is 3.48. The fraction of sp³-hybridized carbons (Fsp3) is 0.571. The van der Waals surface area contributed by atoms with E-state index in [1.165, 1.54) is 37.9 Å². The van der Waals surface area contributed by atoms with Crippen molar-refractivity contribution >= 4 is 5.69 Å². The molecule has 3 nitrogen and oxygen atoms in total. The summed E-state index contributed by atoms with van der Waals surface area (Å²) in [4.78, 5) is 2.63. The molecule has 2 aliphatic rings. The van der Waals surface area contributed by atoms with Gasteiger partial charge in [-0.3, -0.25) is 4.90 Å². The van der Waals surface area contributed by atoms with Crippen molar-refractivity contribution < 1.29 is 0 Å². The van der Waals surface area contributed by atoms with Crippen molar-refractivity contribution in [1.82, 2.24) is 10.2 Å². The average molecular weight is 231 g/mol. The summed E-state index contributed by atoms with van der Waals surface area (Å²) in [6.07, 6.45) is 4.02. The molecule has 0 amide bonds. The van der Waals surface area contributed by atoms with Gasteiger partial charge in [0.2, 0.25) is 0 Å². The highest BCUT2D eigenvalue weighted by Gasteiger charge is 2.36. The summed E-state index contributed by atoms with van der Waals surface area (Å²) in [5.41, 5.74) is 8.09. The van der Waals surface area contributed by atoms with E-state index in [0.717, 1.165) is 18.3 Å². The monoisotopic (exact) mass is 231 g/mol. The first kappa shape index (κ1) is 11.1. The third-order valence-electron chi connectivity index (χ3n) is 4.22. The van der Waals surface area contributed by atoms with E-state index in [1.807, 2.05) is 12.1 Å². The Morgan fingerprint density at radius 3 is 3.00 bits per heavy atom. The number of nitrogens with zero attached hydrogens (tertiary/aromatic N) is 1. The summed E-state index contributed by atoms with van der Waals surface area (Å²) in [6, 6.07) is 9.59. The van der Waals surface area contributed by atoms with Crippen molar-refractivity contribution in [1.29, 1.82) is 0 Å². The molecule has 2 fully saturated rings. The molecule has 92 valence electrons. The molecule has 0 bridgehead atoms. The van der Waals surface area contributed by atoms with E-state index < -0.39 is 0 Å². The molecule has 0 saturated carbocycles. The van der Waals surface area contributed by atoms with Gasteiger partial charge in [-0.2, -0.15) is 0 Å². The van der Waals surface area contributed by atoms with E-state index in [1.54, 1.807) is 0 Å². The Bertz CT molecular complexity index is 391. The molecule has 0 aliphatic carbocycles. The lowest BCUT2D eigenvalue weighted by Gasteiger charge is -2.21. The maximum absolute atomic E-state index is 5.96. The molecule has 2 atom stereocenters. The number of fused-ring (bicyclic) bond motifs is 1. The van der Waals surface area contributed by atoms with Crippen LogP contribution in [-0.2, 0) is 6.54 Å². The maximum atomic E-state index is 5.96.